The molecule has 0 unspecified atom stereocenters. The maximum absolute atomic E-state index is 12.9. The summed E-state index contributed by atoms with van der Waals surface area (Å²) in [4.78, 5) is 31.5. The number of hydrogen-bond donors (Lipinski definition) is 1. The Hall–Kier alpha value is -3.67. The predicted octanol–water partition coefficient (Wildman–Crippen LogP) is 3.70. The lowest BCUT2D eigenvalue weighted by atomic mass is 9.94. The number of likely N-dealkylation sites (tertiary alicyclic amines) is 1. The number of carbonyl (C=O) groups excluding carboxylic acids is 2. The molecule has 3 aromatic rings. The second kappa shape index (κ2) is 8.37. The van der Waals surface area contributed by atoms with E-state index in [1.165, 1.54) is 0 Å². The van der Waals surface area contributed by atoms with Crippen LogP contribution in [0.4, 0.5) is 0 Å². The van der Waals surface area contributed by atoms with Gasteiger partial charge >= 0.3 is 0 Å². The Balaban J connectivity index is 1.72. The summed E-state index contributed by atoms with van der Waals surface area (Å²) in [6, 6.07) is 16.0. The van der Waals surface area contributed by atoms with Crippen molar-refractivity contribution in [1.29, 1.82) is 0 Å². The monoisotopic (exact) mass is 401 g/mol. The molecule has 2 heterocycles. The van der Waals surface area contributed by atoms with Crippen molar-refractivity contribution in [2.24, 2.45) is 0 Å². The average Bonchev–Trinajstić information content (AvgIpc) is 3.37. The third-order valence-electron chi connectivity index (χ3n) is 5.35. The largest absolute Gasteiger partial charge is 0.507 e. The van der Waals surface area contributed by atoms with Crippen LogP contribution in [0, 0.1) is 6.92 Å². The lowest BCUT2D eigenvalue weighted by Gasteiger charge is -2.25. The Labute approximate surface area is 175 Å². The van der Waals surface area contributed by atoms with Crippen molar-refractivity contribution in [3.05, 3.63) is 95.6 Å². The van der Waals surface area contributed by atoms with Crippen molar-refractivity contribution >= 4 is 17.4 Å². The third-order valence-corrected chi connectivity index (χ3v) is 5.35. The lowest BCUT2D eigenvalue weighted by molar-refractivity contribution is -0.139. The molecule has 1 atom stereocenters. The maximum atomic E-state index is 12.9. The van der Waals surface area contributed by atoms with Gasteiger partial charge in [-0.15, -0.1) is 0 Å². The van der Waals surface area contributed by atoms with Crippen LogP contribution in [0.2, 0.25) is 0 Å². The zero-order valence-electron chi connectivity index (χ0n) is 16.7. The molecule has 6 nitrogen and oxygen atoms in total. The van der Waals surface area contributed by atoms with Crippen LogP contribution in [-0.2, 0) is 16.1 Å². The van der Waals surface area contributed by atoms with Gasteiger partial charge in [0.25, 0.3) is 11.7 Å². The zero-order valence-corrected chi connectivity index (χ0v) is 16.7. The first-order chi connectivity index (χ1) is 14.6. The molecule has 0 bridgehead atoms. The summed E-state index contributed by atoms with van der Waals surface area (Å²) in [5.74, 6) is -1.37. The number of hydrogen-bond acceptors (Lipinski definition) is 4. The standard InChI is InChI=1S/C24H23N3O3/c1-17-8-10-18(11-9-17)21-20(22(28)19-6-3-2-4-7-19)23(29)24(30)27(21)14-5-13-26-15-12-25-16-26/h2-4,6-12,15-16,21,28H,5,13-14H2,1H3/t21-/m0/s1. The van der Waals surface area contributed by atoms with Crippen LogP contribution in [0.5, 0.6) is 0 Å². The Morgan fingerprint density at radius 3 is 2.43 bits per heavy atom. The van der Waals surface area contributed by atoms with Crippen molar-refractivity contribution < 1.29 is 14.7 Å². The maximum Gasteiger partial charge on any atom is 0.295 e. The van der Waals surface area contributed by atoms with E-state index in [0.717, 1.165) is 11.1 Å². The highest BCUT2D eigenvalue weighted by Gasteiger charge is 2.45. The third kappa shape index (κ3) is 3.76. The van der Waals surface area contributed by atoms with E-state index >= 15 is 0 Å². The van der Waals surface area contributed by atoms with E-state index in [1.54, 1.807) is 41.7 Å². The Morgan fingerprint density at radius 1 is 1.03 bits per heavy atom. The van der Waals surface area contributed by atoms with E-state index in [0.29, 0.717) is 25.1 Å². The van der Waals surface area contributed by atoms with Gasteiger partial charge in [0.1, 0.15) is 5.76 Å². The van der Waals surface area contributed by atoms with Gasteiger partial charge in [-0.1, -0.05) is 60.2 Å². The molecule has 4 rings (SSSR count). The van der Waals surface area contributed by atoms with Gasteiger partial charge in [0.2, 0.25) is 0 Å². The second-order valence-corrected chi connectivity index (χ2v) is 7.42. The highest BCUT2D eigenvalue weighted by atomic mass is 16.3. The Bertz CT molecular complexity index is 1070. The number of amides is 1. The molecule has 1 aromatic heterocycles. The highest BCUT2D eigenvalue weighted by Crippen LogP contribution is 2.39. The fraction of sp³-hybridized carbons (Fsp3) is 0.208. The number of aryl methyl sites for hydroxylation is 2. The van der Waals surface area contributed by atoms with Crippen LogP contribution in [-0.4, -0.2) is 37.8 Å². The molecule has 0 saturated carbocycles. The van der Waals surface area contributed by atoms with Gasteiger partial charge in [-0.2, -0.15) is 0 Å². The quantitative estimate of drug-likeness (QED) is 0.388. The molecule has 2 aromatic carbocycles. The summed E-state index contributed by atoms with van der Waals surface area (Å²) in [6.07, 6.45) is 5.96. The van der Waals surface area contributed by atoms with E-state index in [-0.39, 0.29) is 11.3 Å². The van der Waals surface area contributed by atoms with Crippen LogP contribution in [0.25, 0.3) is 5.76 Å². The number of rotatable bonds is 6. The van der Waals surface area contributed by atoms with Gasteiger partial charge in [0.15, 0.2) is 0 Å². The fourth-order valence-corrected chi connectivity index (χ4v) is 3.80. The molecule has 1 fully saturated rings. The molecule has 1 aliphatic heterocycles. The minimum Gasteiger partial charge on any atom is -0.507 e. The molecule has 6 heteroatoms. The molecule has 1 N–H and O–H groups in total. The normalized spacial score (nSPS) is 18.2. The van der Waals surface area contributed by atoms with Crippen molar-refractivity contribution in [2.45, 2.75) is 25.9 Å². The molecule has 30 heavy (non-hydrogen) atoms. The summed E-state index contributed by atoms with van der Waals surface area (Å²) in [5.41, 5.74) is 2.54. The van der Waals surface area contributed by atoms with Gasteiger partial charge in [0, 0.05) is 31.0 Å². The molecule has 0 spiro atoms. The van der Waals surface area contributed by atoms with Gasteiger partial charge in [-0.3, -0.25) is 9.59 Å². The molecule has 1 amide bonds. The number of nitrogens with zero attached hydrogens (tertiary/aromatic N) is 3. The molecular weight excluding hydrogens is 378 g/mol. The first kappa shape index (κ1) is 19.6. The van der Waals surface area contributed by atoms with Gasteiger partial charge < -0.3 is 14.6 Å². The number of aromatic nitrogens is 2. The molecule has 1 aliphatic rings. The van der Waals surface area contributed by atoms with Crippen molar-refractivity contribution in [1.82, 2.24) is 14.5 Å². The number of aliphatic hydroxyl groups is 1. The SMILES string of the molecule is Cc1ccc([C@H]2C(=C(O)c3ccccc3)C(=O)C(=O)N2CCCn2ccnc2)cc1. The van der Waals surface area contributed by atoms with Crippen LogP contribution in [0.1, 0.15) is 29.2 Å². The fourth-order valence-electron chi connectivity index (χ4n) is 3.80. The summed E-state index contributed by atoms with van der Waals surface area (Å²) in [7, 11) is 0. The first-order valence-corrected chi connectivity index (χ1v) is 9.92. The van der Waals surface area contributed by atoms with Gasteiger partial charge in [0.05, 0.1) is 17.9 Å². The number of Topliss-reactive ketones (excluding diaryl/α,β-unsaturated/α-hetero) is 1. The smallest absolute Gasteiger partial charge is 0.295 e. The van der Waals surface area contributed by atoms with Crippen molar-refractivity contribution in [3.8, 4) is 0 Å². The number of aliphatic hydroxyl groups excluding tert-OH is 1. The van der Waals surface area contributed by atoms with E-state index < -0.39 is 17.7 Å². The molecule has 0 radical (unpaired) electrons. The van der Waals surface area contributed by atoms with Crippen LogP contribution < -0.4 is 0 Å². The Kier molecular flexibility index (Phi) is 5.48. The van der Waals surface area contributed by atoms with E-state index in [9.17, 15) is 14.7 Å². The predicted molar refractivity (Wildman–Crippen MR) is 113 cm³/mol. The van der Waals surface area contributed by atoms with Gasteiger partial charge in [-0.05, 0) is 18.9 Å². The number of carbonyl (C=O) groups is 2. The molecule has 152 valence electrons. The second-order valence-electron chi connectivity index (χ2n) is 7.42. The topological polar surface area (TPSA) is 75.4 Å². The van der Waals surface area contributed by atoms with Crippen LogP contribution in [0.15, 0.2) is 78.9 Å². The minimum atomic E-state index is -0.649. The molecular formula is C24H23N3O3. The van der Waals surface area contributed by atoms with Crippen molar-refractivity contribution in [3.63, 3.8) is 0 Å². The van der Waals surface area contributed by atoms with Crippen LogP contribution in [0.3, 0.4) is 0 Å². The number of imidazole rings is 1. The minimum absolute atomic E-state index is 0.137. The van der Waals surface area contributed by atoms with E-state index in [1.807, 2.05) is 48.0 Å². The average molecular weight is 401 g/mol. The first-order valence-electron chi connectivity index (χ1n) is 9.92. The highest BCUT2D eigenvalue weighted by molar-refractivity contribution is 6.46. The Morgan fingerprint density at radius 2 is 1.77 bits per heavy atom. The number of ketones is 1. The zero-order chi connectivity index (χ0) is 21.1. The van der Waals surface area contributed by atoms with E-state index in [2.05, 4.69) is 4.98 Å². The summed E-state index contributed by atoms with van der Waals surface area (Å²) < 4.78 is 1.93. The van der Waals surface area contributed by atoms with Gasteiger partial charge in [-0.25, -0.2) is 4.98 Å². The van der Waals surface area contributed by atoms with E-state index in [4.69, 9.17) is 0 Å². The summed E-state index contributed by atoms with van der Waals surface area (Å²) in [6.45, 7) is 3.06. The van der Waals surface area contributed by atoms with Crippen LogP contribution >= 0.6 is 0 Å². The molecule has 1 saturated heterocycles. The summed E-state index contributed by atoms with van der Waals surface area (Å²) >= 11 is 0. The number of benzene rings is 2. The molecule has 0 aliphatic carbocycles. The lowest BCUT2D eigenvalue weighted by Crippen LogP contribution is -2.31. The summed E-state index contributed by atoms with van der Waals surface area (Å²) in [5, 5.41) is 11.0. The van der Waals surface area contributed by atoms with Crippen molar-refractivity contribution in [2.75, 3.05) is 6.54 Å².